The second kappa shape index (κ2) is 6.91. The maximum atomic E-state index is 6.13. The van der Waals surface area contributed by atoms with Gasteiger partial charge >= 0.3 is 0 Å². The first-order valence-corrected chi connectivity index (χ1v) is 9.84. The van der Waals surface area contributed by atoms with Crippen molar-refractivity contribution in [2.45, 2.75) is 19.1 Å². The Morgan fingerprint density at radius 1 is 1.11 bits per heavy atom. The largest absolute Gasteiger partial charge is 0.472 e. The van der Waals surface area contributed by atoms with Gasteiger partial charge in [-0.15, -0.1) is 0 Å². The fourth-order valence-electron chi connectivity index (χ4n) is 3.73. The van der Waals surface area contributed by atoms with Crippen molar-refractivity contribution in [2.24, 2.45) is 0 Å². The van der Waals surface area contributed by atoms with Gasteiger partial charge in [-0.05, 0) is 53.9 Å². The van der Waals surface area contributed by atoms with Crippen molar-refractivity contribution in [1.82, 2.24) is 4.98 Å². The molecule has 2 aromatic carbocycles. The van der Waals surface area contributed by atoms with E-state index in [-0.39, 0.29) is 6.10 Å². The van der Waals surface area contributed by atoms with Gasteiger partial charge in [0.25, 0.3) is 0 Å². The van der Waals surface area contributed by atoms with Crippen molar-refractivity contribution < 1.29 is 9.15 Å². The molecule has 3 heterocycles. The zero-order chi connectivity index (χ0) is 18.2. The van der Waals surface area contributed by atoms with Crippen molar-refractivity contribution in [1.29, 1.82) is 0 Å². The zero-order valence-electron chi connectivity index (χ0n) is 14.7. The number of aromatic nitrogens is 1. The maximum absolute atomic E-state index is 6.13. The minimum absolute atomic E-state index is 0.0529. The fraction of sp³-hybridized carbons (Fsp3) is 0.182. The Kier molecular flexibility index (Phi) is 4.26. The number of nitrogens with one attached hydrogen (secondary N) is 2. The highest BCUT2D eigenvalue weighted by atomic mass is 79.9. The van der Waals surface area contributed by atoms with E-state index in [0.717, 1.165) is 46.4 Å². The molecule has 5 rings (SSSR count). The molecule has 27 heavy (non-hydrogen) atoms. The lowest BCUT2D eigenvalue weighted by molar-refractivity contribution is 0.0677. The summed E-state index contributed by atoms with van der Waals surface area (Å²) in [6.45, 7) is 1.48. The van der Waals surface area contributed by atoms with Crippen LogP contribution in [0.4, 0.5) is 5.69 Å². The molecule has 2 aromatic heterocycles. The second-order valence-electron chi connectivity index (χ2n) is 6.82. The van der Waals surface area contributed by atoms with Gasteiger partial charge in [0.1, 0.15) is 6.10 Å². The lowest BCUT2D eigenvalue weighted by Crippen LogP contribution is -2.16. The Labute approximate surface area is 165 Å². The number of benzene rings is 2. The minimum atomic E-state index is -0.0529. The molecule has 4 nitrogen and oxygen atoms in total. The molecule has 0 radical (unpaired) electrons. The van der Waals surface area contributed by atoms with Gasteiger partial charge in [-0.25, -0.2) is 0 Å². The fourth-order valence-corrected chi connectivity index (χ4v) is 4.09. The minimum Gasteiger partial charge on any atom is -0.472 e. The molecule has 1 atom stereocenters. The summed E-state index contributed by atoms with van der Waals surface area (Å²) < 4.78 is 12.3. The van der Waals surface area contributed by atoms with E-state index in [9.17, 15) is 0 Å². The van der Waals surface area contributed by atoms with E-state index in [4.69, 9.17) is 9.15 Å². The van der Waals surface area contributed by atoms with E-state index < -0.39 is 0 Å². The third-order valence-corrected chi connectivity index (χ3v) is 5.58. The van der Waals surface area contributed by atoms with Crippen molar-refractivity contribution in [3.05, 3.63) is 87.9 Å². The average molecular weight is 423 g/mol. The van der Waals surface area contributed by atoms with E-state index in [1.165, 1.54) is 16.6 Å². The highest BCUT2D eigenvalue weighted by Crippen LogP contribution is 2.37. The lowest BCUT2D eigenvalue weighted by Gasteiger charge is -2.24. The van der Waals surface area contributed by atoms with Crippen LogP contribution in [0.15, 0.2) is 69.9 Å². The van der Waals surface area contributed by atoms with Crippen molar-refractivity contribution in [3.63, 3.8) is 0 Å². The summed E-state index contributed by atoms with van der Waals surface area (Å²) in [5.41, 5.74) is 7.07. The quantitative estimate of drug-likeness (QED) is 0.436. The summed E-state index contributed by atoms with van der Waals surface area (Å²) in [6, 6.07) is 16.8. The smallest absolute Gasteiger partial charge is 0.123 e. The number of H-pyrrole nitrogens is 1. The number of halogens is 1. The van der Waals surface area contributed by atoms with E-state index in [1.807, 2.05) is 6.07 Å². The molecular weight excluding hydrogens is 404 g/mol. The number of hydrogen-bond acceptors (Lipinski definition) is 3. The number of anilines is 1. The highest BCUT2D eigenvalue weighted by Gasteiger charge is 2.26. The van der Waals surface area contributed by atoms with E-state index >= 15 is 0 Å². The van der Waals surface area contributed by atoms with Gasteiger partial charge in [0.15, 0.2) is 0 Å². The molecule has 0 aliphatic carbocycles. The van der Waals surface area contributed by atoms with Gasteiger partial charge < -0.3 is 19.5 Å². The lowest BCUT2D eigenvalue weighted by atomic mass is 9.97. The number of ether oxygens (including phenoxy) is 1. The van der Waals surface area contributed by atoms with E-state index in [2.05, 4.69) is 68.7 Å². The van der Waals surface area contributed by atoms with Crippen LogP contribution in [0.3, 0.4) is 0 Å². The standard InChI is InChI=1S/C22H19BrN2O2/c23-16-3-6-20-19(11-16)18-8-10-27-22(21(18)25-20)15-1-4-17(5-2-15)24-12-14-7-9-26-13-14/h1-7,9,11,13,22,24-25H,8,10,12H2. The Morgan fingerprint density at radius 2 is 2.00 bits per heavy atom. The summed E-state index contributed by atoms with van der Waals surface area (Å²) in [4.78, 5) is 3.58. The van der Waals surface area contributed by atoms with Crippen LogP contribution < -0.4 is 5.32 Å². The Morgan fingerprint density at radius 3 is 2.81 bits per heavy atom. The molecule has 1 aliphatic rings. The SMILES string of the molecule is Brc1ccc2[nH]c3c(c2c1)CCOC3c1ccc(NCc2ccoc2)cc1. The zero-order valence-corrected chi connectivity index (χ0v) is 16.3. The molecule has 1 aliphatic heterocycles. The van der Waals surface area contributed by atoms with Crippen molar-refractivity contribution >= 4 is 32.5 Å². The molecule has 0 saturated carbocycles. The molecular formula is C22H19BrN2O2. The summed E-state index contributed by atoms with van der Waals surface area (Å²) in [7, 11) is 0. The van der Waals surface area contributed by atoms with Crippen LogP contribution in [0.25, 0.3) is 10.9 Å². The molecule has 1 unspecified atom stereocenters. The first-order chi connectivity index (χ1) is 13.3. The second-order valence-corrected chi connectivity index (χ2v) is 7.73. The number of fused-ring (bicyclic) bond motifs is 3. The molecule has 5 heteroatoms. The van der Waals surface area contributed by atoms with Crippen molar-refractivity contribution in [2.75, 3.05) is 11.9 Å². The third-order valence-electron chi connectivity index (χ3n) is 5.09. The van der Waals surface area contributed by atoms with Crippen molar-refractivity contribution in [3.8, 4) is 0 Å². The number of aromatic amines is 1. The van der Waals surface area contributed by atoms with Gasteiger partial charge in [-0.2, -0.15) is 0 Å². The van der Waals surface area contributed by atoms with Crippen LogP contribution in [-0.4, -0.2) is 11.6 Å². The predicted octanol–water partition coefficient (Wildman–Crippen LogP) is 5.80. The third kappa shape index (κ3) is 3.17. The monoisotopic (exact) mass is 422 g/mol. The van der Waals surface area contributed by atoms with Crippen LogP contribution in [0.5, 0.6) is 0 Å². The normalized spacial score (nSPS) is 16.4. The Bertz CT molecular complexity index is 1070. The molecule has 0 bridgehead atoms. The summed E-state index contributed by atoms with van der Waals surface area (Å²) >= 11 is 3.58. The predicted molar refractivity (Wildman–Crippen MR) is 110 cm³/mol. The highest BCUT2D eigenvalue weighted by molar-refractivity contribution is 9.10. The maximum Gasteiger partial charge on any atom is 0.123 e. The van der Waals surface area contributed by atoms with Gasteiger partial charge in [-0.1, -0.05) is 28.1 Å². The first-order valence-electron chi connectivity index (χ1n) is 9.04. The summed E-state index contributed by atoms with van der Waals surface area (Å²) in [6.07, 6.45) is 4.33. The summed E-state index contributed by atoms with van der Waals surface area (Å²) in [5.74, 6) is 0. The Hall–Kier alpha value is -2.50. The van der Waals surface area contributed by atoms with Crippen LogP contribution in [-0.2, 0) is 17.7 Å². The van der Waals surface area contributed by atoms with Crippen LogP contribution in [0, 0.1) is 0 Å². The van der Waals surface area contributed by atoms with Crippen LogP contribution in [0.1, 0.15) is 28.5 Å². The molecule has 4 aromatic rings. The van der Waals surface area contributed by atoms with Gasteiger partial charge in [0, 0.05) is 33.2 Å². The average Bonchev–Trinajstić information content (AvgIpc) is 3.34. The number of hydrogen-bond donors (Lipinski definition) is 2. The van der Waals surface area contributed by atoms with Crippen LogP contribution >= 0.6 is 15.9 Å². The molecule has 0 amide bonds. The molecule has 2 N–H and O–H groups in total. The molecule has 136 valence electrons. The van der Waals surface area contributed by atoms with Crippen LogP contribution in [0.2, 0.25) is 0 Å². The molecule has 0 saturated heterocycles. The molecule has 0 fully saturated rings. The topological polar surface area (TPSA) is 50.2 Å². The molecule has 0 spiro atoms. The van der Waals surface area contributed by atoms with Gasteiger partial charge in [0.05, 0.1) is 24.8 Å². The van der Waals surface area contributed by atoms with E-state index in [1.54, 1.807) is 12.5 Å². The number of furan rings is 1. The Balaban J connectivity index is 1.41. The van der Waals surface area contributed by atoms with Gasteiger partial charge in [0.2, 0.25) is 0 Å². The number of rotatable bonds is 4. The van der Waals surface area contributed by atoms with Gasteiger partial charge in [-0.3, -0.25) is 0 Å². The first kappa shape index (κ1) is 16.7. The van der Waals surface area contributed by atoms with E-state index in [0.29, 0.717) is 0 Å². The summed E-state index contributed by atoms with van der Waals surface area (Å²) in [5, 5.41) is 4.69.